The smallest absolute Gasteiger partial charge is 0.114 e. The molecule has 0 N–H and O–H groups in total. The summed E-state index contributed by atoms with van der Waals surface area (Å²) in [4.78, 5) is 0. The van der Waals surface area contributed by atoms with Gasteiger partial charge in [0.25, 0.3) is 0 Å². The average molecular weight is 290 g/mol. The van der Waals surface area contributed by atoms with E-state index < -0.39 is 0 Å². The highest BCUT2D eigenvalue weighted by atomic mass is 16.5. The van der Waals surface area contributed by atoms with E-state index in [1.807, 2.05) is 13.8 Å². The van der Waals surface area contributed by atoms with Crippen molar-refractivity contribution in [2.45, 2.75) is 45.6 Å². The lowest BCUT2D eigenvalue weighted by molar-refractivity contribution is 0.0430. The molecule has 2 aliphatic carbocycles. The fourth-order valence-electron chi connectivity index (χ4n) is 2.49. The second-order valence-corrected chi connectivity index (χ2v) is 5.44. The molecule has 0 saturated heterocycles. The molecule has 0 aliphatic heterocycles. The van der Waals surface area contributed by atoms with E-state index in [0.29, 0.717) is 6.61 Å². The quantitative estimate of drug-likeness (QED) is 0.700. The van der Waals surface area contributed by atoms with Crippen LogP contribution in [0.2, 0.25) is 0 Å². The third-order valence-corrected chi connectivity index (χ3v) is 3.87. The van der Waals surface area contributed by atoms with Crippen LogP contribution < -0.4 is 0 Å². The Kier molecular flexibility index (Phi) is 6.12. The van der Waals surface area contributed by atoms with Crippen LogP contribution in [0.5, 0.6) is 0 Å². The standard InChI is InChI=1S/C18H26O3/c1-4-20-17-9-5-15(6-10-17)16-7-11-18(12-8-16)21-13-14(2)19-3/h5,7,9,11,14H,4,6,8,10,12-13H2,1-3H3. The van der Waals surface area contributed by atoms with Gasteiger partial charge in [0.15, 0.2) is 0 Å². The molecule has 1 atom stereocenters. The van der Waals surface area contributed by atoms with Gasteiger partial charge in [-0.05, 0) is 50.0 Å². The summed E-state index contributed by atoms with van der Waals surface area (Å²) in [6.07, 6.45) is 12.9. The Labute approximate surface area is 128 Å². The van der Waals surface area contributed by atoms with Crippen molar-refractivity contribution in [3.8, 4) is 0 Å². The van der Waals surface area contributed by atoms with Crippen molar-refractivity contribution in [3.05, 3.63) is 47.0 Å². The van der Waals surface area contributed by atoms with E-state index in [2.05, 4.69) is 24.3 Å². The zero-order valence-electron chi connectivity index (χ0n) is 13.4. The number of hydrogen-bond acceptors (Lipinski definition) is 3. The number of ether oxygens (including phenoxy) is 3. The fourth-order valence-corrected chi connectivity index (χ4v) is 2.49. The molecule has 0 radical (unpaired) electrons. The lowest BCUT2D eigenvalue weighted by Gasteiger charge is -2.21. The Morgan fingerprint density at radius 3 is 1.90 bits per heavy atom. The Hall–Kier alpha value is -1.48. The second kappa shape index (κ2) is 8.08. The molecule has 0 amide bonds. The van der Waals surface area contributed by atoms with E-state index in [1.165, 1.54) is 11.1 Å². The maximum Gasteiger partial charge on any atom is 0.114 e. The number of rotatable bonds is 7. The third-order valence-electron chi connectivity index (χ3n) is 3.87. The first kappa shape index (κ1) is 15.9. The first-order valence-corrected chi connectivity index (χ1v) is 7.81. The van der Waals surface area contributed by atoms with Crippen LogP contribution in [0, 0.1) is 0 Å². The topological polar surface area (TPSA) is 27.7 Å². The van der Waals surface area contributed by atoms with Crippen LogP contribution in [0.15, 0.2) is 47.0 Å². The minimum absolute atomic E-state index is 0.138. The van der Waals surface area contributed by atoms with E-state index in [4.69, 9.17) is 14.2 Å². The predicted molar refractivity (Wildman–Crippen MR) is 84.8 cm³/mol. The molecule has 0 spiro atoms. The highest BCUT2D eigenvalue weighted by Crippen LogP contribution is 2.31. The summed E-state index contributed by atoms with van der Waals surface area (Å²) >= 11 is 0. The molecule has 0 fully saturated rings. The van der Waals surface area contributed by atoms with Gasteiger partial charge in [-0.15, -0.1) is 0 Å². The molecule has 0 aromatic rings. The van der Waals surface area contributed by atoms with E-state index in [9.17, 15) is 0 Å². The van der Waals surface area contributed by atoms with E-state index >= 15 is 0 Å². The van der Waals surface area contributed by atoms with Crippen molar-refractivity contribution in [2.24, 2.45) is 0 Å². The Morgan fingerprint density at radius 1 is 0.905 bits per heavy atom. The molecule has 0 aromatic heterocycles. The van der Waals surface area contributed by atoms with Gasteiger partial charge in [0, 0.05) is 20.0 Å². The average Bonchev–Trinajstić information content (AvgIpc) is 2.54. The van der Waals surface area contributed by atoms with Crippen LogP contribution >= 0.6 is 0 Å². The Balaban J connectivity index is 1.91. The summed E-state index contributed by atoms with van der Waals surface area (Å²) in [6.45, 7) is 5.41. The maximum absolute atomic E-state index is 5.76. The van der Waals surface area contributed by atoms with Crippen molar-refractivity contribution >= 4 is 0 Å². The van der Waals surface area contributed by atoms with Gasteiger partial charge in [-0.1, -0.05) is 12.2 Å². The number of allylic oxidation sites excluding steroid dienone is 8. The molecule has 2 rings (SSSR count). The zero-order valence-corrected chi connectivity index (χ0v) is 13.4. The molecule has 116 valence electrons. The highest BCUT2D eigenvalue weighted by Gasteiger charge is 2.14. The van der Waals surface area contributed by atoms with Crippen LogP contribution in [-0.2, 0) is 14.2 Å². The van der Waals surface area contributed by atoms with Crippen LogP contribution in [0.4, 0.5) is 0 Å². The summed E-state index contributed by atoms with van der Waals surface area (Å²) in [5.41, 5.74) is 2.85. The first-order chi connectivity index (χ1) is 10.2. The fraction of sp³-hybridized carbons (Fsp3) is 0.556. The van der Waals surface area contributed by atoms with Crippen molar-refractivity contribution in [3.63, 3.8) is 0 Å². The van der Waals surface area contributed by atoms with Crippen LogP contribution in [0.25, 0.3) is 0 Å². The SMILES string of the molecule is CCOC1=CC=C(C2=CC=C(OCC(C)OC)CC2)CC1. The lowest BCUT2D eigenvalue weighted by Crippen LogP contribution is -2.14. The summed E-state index contributed by atoms with van der Waals surface area (Å²) < 4.78 is 16.5. The van der Waals surface area contributed by atoms with Gasteiger partial charge in [0.2, 0.25) is 0 Å². The minimum Gasteiger partial charge on any atom is -0.498 e. The molecule has 0 heterocycles. The molecular weight excluding hydrogens is 264 g/mol. The van der Waals surface area contributed by atoms with Crippen molar-refractivity contribution < 1.29 is 14.2 Å². The zero-order chi connectivity index (χ0) is 15.1. The summed E-state index contributed by atoms with van der Waals surface area (Å²) in [5.74, 6) is 2.16. The van der Waals surface area contributed by atoms with Gasteiger partial charge in [-0.2, -0.15) is 0 Å². The van der Waals surface area contributed by atoms with Crippen LogP contribution in [0.1, 0.15) is 39.5 Å². The molecule has 0 aromatic carbocycles. The predicted octanol–water partition coefficient (Wildman–Crippen LogP) is 4.28. The van der Waals surface area contributed by atoms with E-state index in [0.717, 1.165) is 43.8 Å². The number of methoxy groups -OCH3 is 1. The van der Waals surface area contributed by atoms with Gasteiger partial charge in [-0.3, -0.25) is 0 Å². The molecule has 1 unspecified atom stereocenters. The summed E-state index contributed by atoms with van der Waals surface area (Å²) in [5, 5.41) is 0. The first-order valence-electron chi connectivity index (χ1n) is 7.81. The molecule has 0 bridgehead atoms. The molecular formula is C18H26O3. The van der Waals surface area contributed by atoms with E-state index in [1.54, 1.807) is 7.11 Å². The molecule has 0 saturated carbocycles. The van der Waals surface area contributed by atoms with Crippen LogP contribution in [0.3, 0.4) is 0 Å². The third kappa shape index (κ3) is 4.78. The normalized spacial score (nSPS) is 20.0. The molecule has 3 heteroatoms. The molecule has 3 nitrogen and oxygen atoms in total. The lowest BCUT2D eigenvalue weighted by atomic mass is 9.90. The van der Waals surface area contributed by atoms with Crippen molar-refractivity contribution in [2.75, 3.05) is 20.3 Å². The van der Waals surface area contributed by atoms with E-state index in [-0.39, 0.29) is 6.10 Å². The molecule has 2 aliphatic rings. The van der Waals surface area contributed by atoms with Gasteiger partial charge >= 0.3 is 0 Å². The van der Waals surface area contributed by atoms with Crippen molar-refractivity contribution in [1.29, 1.82) is 0 Å². The second-order valence-electron chi connectivity index (χ2n) is 5.44. The highest BCUT2D eigenvalue weighted by molar-refractivity contribution is 5.41. The minimum atomic E-state index is 0.138. The van der Waals surface area contributed by atoms with Gasteiger partial charge in [0.1, 0.15) is 6.61 Å². The van der Waals surface area contributed by atoms with Gasteiger partial charge < -0.3 is 14.2 Å². The summed E-state index contributed by atoms with van der Waals surface area (Å²) in [7, 11) is 1.71. The largest absolute Gasteiger partial charge is 0.498 e. The van der Waals surface area contributed by atoms with Crippen molar-refractivity contribution in [1.82, 2.24) is 0 Å². The Morgan fingerprint density at radius 2 is 1.48 bits per heavy atom. The van der Waals surface area contributed by atoms with Gasteiger partial charge in [-0.25, -0.2) is 0 Å². The van der Waals surface area contributed by atoms with Gasteiger partial charge in [0.05, 0.1) is 24.2 Å². The molecule has 21 heavy (non-hydrogen) atoms. The number of hydrogen-bond donors (Lipinski definition) is 0. The summed E-state index contributed by atoms with van der Waals surface area (Å²) in [6, 6.07) is 0. The monoisotopic (exact) mass is 290 g/mol. The maximum atomic E-state index is 5.76. The Bertz CT molecular complexity index is 469. The van der Waals surface area contributed by atoms with Crippen LogP contribution in [-0.4, -0.2) is 26.4 Å².